The van der Waals surface area contributed by atoms with Crippen molar-refractivity contribution in [2.24, 2.45) is 0 Å². The Hall–Kier alpha value is -0.770. The standard InChI is InChI=1S/C15H28N2O2/c1-17(11-10-14-9-5-6-12-19-14)15(18)16-13-7-3-2-4-8-13/h13-14H,2-12H2,1H3,(H,16,18). The average Bonchev–Trinajstić information content (AvgIpc) is 2.47. The Bertz CT molecular complexity index is 271. The molecule has 1 unspecified atom stereocenters. The minimum absolute atomic E-state index is 0.0858. The second-order valence-electron chi connectivity index (χ2n) is 5.98. The Balaban J connectivity index is 1.63. The van der Waals surface area contributed by atoms with E-state index in [2.05, 4.69) is 5.32 Å². The number of carbonyl (C=O) groups excluding carboxylic acids is 1. The summed E-state index contributed by atoms with van der Waals surface area (Å²) in [4.78, 5) is 13.9. The highest BCUT2D eigenvalue weighted by Crippen LogP contribution is 2.18. The van der Waals surface area contributed by atoms with Crippen LogP contribution in [0.3, 0.4) is 0 Å². The van der Waals surface area contributed by atoms with E-state index in [1.54, 1.807) is 0 Å². The predicted octanol–water partition coefficient (Wildman–Crippen LogP) is 2.92. The number of hydrogen-bond acceptors (Lipinski definition) is 2. The minimum Gasteiger partial charge on any atom is -0.378 e. The molecule has 4 heteroatoms. The van der Waals surface area contributed by atoms with Gasteiger partial charge in [0.25, 0.3) is 0 Å². The van der Waals surface area contributed by atoms with Crippen LogP contribution in [0.15, 0.2) is 0 Å². The molecule has 2 fully saturated rings. The van der Waals surface area contributed by atoms with Gasteiger partial charge in [0, 0.05) is 26.2 Å². The van der Waals surface area contributed by atoms with Gasteiger partial charge < -0.3 is 15.0 Å². The van der Waals surface area contributed by atoms with Crippen molar-refractivity contribution in [3.63, 3.8) is 0 Å². The maximum Gasteiger partial charge on any atom is 0.317 e. The van der Waals surface area contributed by atoms with Crippen molar-refractivity contribution in [3.05, 3.63) is 0 Å². The van der Waals surface area contributed by atoms with Crippen molar-refractivity contribution >= 4 is 6.03 Å². The summed E-state index contributed by atoms with van der Waals surface area (Å²) in [7, 11) is 1.89. The van der Waals surface area contributed by atoms with Crippen LogP contribution in [-0.4, -0.2) is 43.3 Å². The molecule has 1 saturated heterocycles. The molecule has 1 heterocycles. The number of carbonyl (C=O) groups is 1. The van der Waals surface area contributed by atoms with E-state index in [4.69, 9.17) is 4.74 Å². The van der Waals surface area contributed by atoms with Crippen molar-refractivity contribution < 1.29 is 9.53 Å². The van der Waals surface area contributed by atoms with Crippen LogP contribution in [0.25, 0.3) is 0 Å². The third kappa shape index (κ3) is 5.01. The van der Waals surface area contributed by atoms with Gasteiger partial charge in [-0.05, 0) is 38.5 Å². The Morgan fingerprint density at radius 1 is 1.16 bits per heavy atom. The van der Waals surface area contributed by atoms with E-state index in [1.807, 2.05) is 11.9 Å². The number of ether oxygens (including phenoxy) is 1. The summed E-state index contributed by atoms with van der Waals surface area (Å²) in [5.41, 5.74) is 0. The molecule has 1 aliphatic heterocycles. The van der Waals surface area contributed by atoms with Crippen molar-refractivity contribution in [3.8, 4) is 0 Å². The number of rotatable bonds is 4. The van der Waals surface area contributed by atoms with Crippen LogP contribution in [0.2, 0.25) is 0 Å². The molecule has 0 spiro atoms. The molecular weight excluding hydrogens is 240 g/mol. The molecule has 0 bridgehead atoms. The lowest BCUT2D eigenvalue weighted by Gasteiger charge is -2.28. The van der Waals surface area contributed by atoms with Crippen LogP contribution >= 0.6 is 0 Å². The van der Waals surface area contributed by atoms with Gasteiger partial charge in [-0.3, -0.25) is 0 Å². The summed E-state index contributed by atoms with van der Waals surface area (Å²) >= 11 is 0. The predicted molar refractivity (Wildman–Crippen MR) is 76.2 cm³/mol. The van der Waals surface area contributed by atoms with E-state index in [1.165, 1.54) is 32.1 Å². The Kier molecular flexibility index (Phi) is 5.95. The first kappa shape index (κ1) is 14.6. The lowest BCUT2D eigenvalue weighted by Crippen LogP contribution is -2.44. The van der Waals surface area contributed by atoms with Crippen LogP contribution in [0.4, 0.5) is 4.79 Å². The molecule has 1 atom stereocenters. The van der Waals surface area contributed by atoms with E-state index >= 15 is 0 Å². The lowest BCUT2D eigenvalue weighted by molar-refractivity contribution is 0.00822. The number of nitrogens with one attached hydrogen (secondary N) is 1. The Labute approximate surface area is 116 Å². The van der Waals surface area contributed by atoms with Gasteiger partial charge in [0.2, 0.25) is 0 Å². The molecule has 2 aliphatic rings. The monoisotopic (exact) mass is 268 g/mol. The zero-order valence-corrected chi connectivity index (χ0v) is 12.2. The van der Waals surface area contributed by atoms with Gasteiger partial charge in [-0.1, -0.05) is 19.3 Å². The van der Waals surface area contributed by atoms with Crippen molar-refractivity contribution in [2.75, 3.05) is 20.2 Å². The lowest BCUT2D eigenvalue weighted by atomic mass is 9.96. The van der Waals surface area contributed by atoms with E-state index in [9.17, 15) is 4.79 Å². The van der Waals surface area contributed by atoms with Gasteiger partial charge in [0.05, 0.1) is 6.10 Å². The van der Waals surface area contributed by atoms with Gasteiger partial charge in [0.1, 0.15) is 0 Å². The van der Waals surface area contributed by atoms with Gasteiger partial charge in [-0.2, -0.15) is 0 Å². The highest BCUT2D eigenvalue weighted by molar-refractivity contribution is 5.74. The number of amides is 2. The molecule has 0 radical (unpaired) electrons. The largest absolute Gasteiger partial charge is 0.378 e. The third-order valence-corrected chi connectivity index (χ3v) is 4.34. The molecule has 2 rings (SSSR count). The molecule has 1 N–H and O–H groups in total. The Morgan fingerprint density at radius 2 is 1.89 bits per heavy atom. The molecule has 4 nitrogen and oxygen atoms in total. The van der Waals surface area contributed by atoms with E-state index < -0.39 is 0 Å². The molecule has 1 aliphatic carbocycles. The normalized spacial score (nSPS) is 25.0. The van der Waals surface area contributed by atoms with Gasteiger partial charge in [0.15, 0.2) is 0 Å². The van der Waals surface area contributed by atoms with Crippen LogP contribution < -0.4 is 5.32 Å². The van der Waals surface area contributed by atoms with Crippen LogP contribution in [0.1, 0.15) is 57.8 Å². The van der Waals surface area contributed by atoms with Crippen LogP contribution in [0.5, 0.6) is 0 Å². The molecule has 0 aromatic rings. The topological polar surface area (TPSA) is 41.6 Å². The first-order chi connectivity index (χ1) is 9.25. The van der Waals surface area contributed by atoms with Gasteiger partial charge in [-0.25, -0.2) is 4.79 Å². The highest BCUT2D eigenvalue weighted by Gasteiger charge is 2.19. The summed E-state index contributed by atoms with van der Waals surface area (Å²) in [6.07, 6.45) is 11.1. The van der Waals surface area contributed by atoms with Crippen molar-refractivity contribution in [1.82, 2.24) is 10.2 Å². The molecule has 2 amide bonds. The first-order valence-corrected chi connectivity index (χ1v) is 7.89. The summed E-state index contributed by atoms with van der Waals surface area (Å²) in [5, 5.41) is 3.15. The smallest absolute Gasteiger partial charge is 0.317 e. The fourth-order valence-corrected chi connectivity index (χ4v) is 3.01. The van der Waals surface area contributed by atoms with Gasteiger partial charge >= 0.3 is 6.03 Å². The maximum absolute atomic E-state index is 12.1. The summed E-state index contributed by atoms with van der Waals surface area (Å²) in [6.45, 7) is 1.69. The molecule has 110 valence electrons. The molecular formula is C15H28N2O2. The van der Waals surface area contributed by atoms with Crippen molar-refractivity contribution in [2.45, 2.75) is 69.9 Å². The number of nitrogens with zero attached hydrogens (tertiary/aromatic N) is 1. The summed E-state index contributed by atoms with van der Waals surface area (Å²) in [6, 6.07) is 0.484. The average molecular weight is 268 g/mol. The maximum atomic E-state index is 12.1. The van der Waals surface area contributed by atoms with E-state index in [-0.39, 0.29) is 6.03 Å². The van der Waals surface area contributed by atoms with E-state index in [0.29, 0.717) is 12.1 Å². The minimum atomic E-state index is 0.0858. The first-order valence-electron chi connectivity index (χ1n) is 7.89. The molecule has 0 aromatic heterocycles. The molecule has 19 heavy (non-hydrogen) atoms. The summed E-state index contributed by atoms with van der Waals surface area (Å²) < 4.78 is 5.70. The molecule has 0 aromatic carbocycles. The second kappa shape index (κ2) is 7.73. The second-order valence-corrected chi connectivity index (χ2v) is 5.98. The van der Waals surface area contributed by atoms with Crippen molar-refractivity contribution in [1.29, 1.82) is 0 Å². The van der Waals surface area contributed by atoms with Crippen LogP contribution in [0, 0.1) is 0 Å². The van der Waals surface area contributed by atoms with Crippen LogP contribution in [-0.2, 0) is 4.74 Å². The summed E-state index contributed by atoms with van der Waals surface area (Å²) in [5.74, 6) is 0. The SMILES string of the molecule is CN(CCC1CCCCO1)C(=O)NC1CCCCC1. The fourth-order valence-electron chi connectivity index (χ4n) is 3.01. The fraction of sp³-hybridized carbons (Fsp3) is 0.933. The zero-order chi connectivity index (χ0) is 13.5. The quantitative estimate of drug-likeness (QED) is 0.851. The van der Waals surface area contributed by atoms with E-state index in [0.717, 1.165) is 38.8 Å². The zero-order valence-electron chi connectivity index (χ0n) is 12.2. The van der Waals surface area contributed by atoms with Gasteiger partial charge in [-0.15, -0.1) is 0 Å². The highest BCUT2D eigenvalue weighted by atomic mass is 16.5. The number of hydrogen-bond donors (Lipinski definition) is 1. The molecule has 1 saturated carbocycles. The third-order valence-electron chi connectivity index (χ3n) is 4.34. The Morgan fingerprint density at radius 3 is 2.58 bits per heavy atom. The number of urea groups is 1.